The molecule has 23 heavy (non-hydrogen) atoms. The highest BCUT2D eigenvalue weighted by molar-refractivity contribution is 5.79. The minimum atomic E-state index is -0.194. The molecule has 1 aliphatic heterocycles. The second-order valence-electron chi connectivity index (χ2n) is 6.22. The number of hydrogen-bond donors (Lipinski definition) is 1. The lowest BCUT2D eigenvalue weighted by atomic mass is 10.2. The van der Waals surface area contributed by atoms with E-state index >= 15 is 0 Å². The number of aliphatic imine (C=N–C) groups is 1. The van der Waals surface area contributed by atoms with Gasteiger partial charge in [0, 0.05) is 27.2 Å². The van der Waals surface area contributed by atoms with Crippen molar-refractivity contribution in [2.75, 3.05) is 40.3 Å². The maximum Gasteiger partial charge on any atom is 0.193 e. The van der Waals surface area contributed by atoms with Gasteiger partial charge in [-0.1, -0.05) is 12.1 Å². The molecule has 1 saturated heterocycles. The number of likely N-dealkylation sites (tertiary alicyclic amines) is 1. The zero-order valence-electron chi connectivity index (χ0n) is 14.4. The Morgan fingerprint density at radius 2 is 2.09 bits per heavy atom. The molecule has 0 aliphatic carbocycles. The minimum Gasteiger partial charge on any atom is -0.356 e. The van der Waals surface area contributed by atoms with Gasteiger partial charge in [-0.25, -0.2) is 4.39 Å². The van der Waals surface area contributed by atoms with Gasteiger partial charge >= 0.3 is 0 Å². The Morgan fingerprint density at radius 3 is 2.78 bits per heavy atom. The van der Waals surface area contributed by atoms with Crippen molar-refractivity contribution < 1.29 is 4.39 Å². The van der Waals surface area contributed by atoms with Crippen LogP contribution in [0.3, 0.4) is 0 Å². The summed E-state index contributed by atoms with van der Waals surface area (Å²) in [6.07, 6.45) is 5.08. The predicted octanol–water partition coefficient (Wildman–Crippen LogP) is 2.71. The van der Waals surface area contributed by atoms with Crippen LogP contribution in [0.1, 0.15) is 31.2 Å². The minimum absolute atomic E-state index is 0.194. The molecular formula is C18H29FN4. The van der Waals surface area contributed by atoms with Gasteiger partial charge in [0.2, 0.25) is 0 Å². The van der Waals surface area contributed by atoms with E-state index < -0.39 is 0 Å². The summed E-state index contributed by atoms with van der Waals surface area (Å²) in [4.78, 5) is 8.88. The molecule has 0 radical (unpaired) electrons. The Morgan fingerprint density at radius 1 is 1.30 bits per heavy atom. The predicted molar refractivity (Wildman–Crippen MR) is 94.1 cm³/mol. The fourth-order valence-corrected chi connectivity index (χ4v) is 3.04. The van der Waals surface area contributed by atoms with Crippen LogP contribution in [0, 0.1) is 5.82 Å². The van der Waals surface area contributed by atoms with E-state index in [2.05, 4.69) is 15.2 Å². The molecule has 0 spiro atoms. The molecule has 0 unspecified atom stereocenters. The topological polar surface area (TPSA) is 30.9 Å². The van der Waals surface area contributed by atoms with E-state index in [0.717, 1.165) is 24.5 Å². The lowest BCUT2D eigenvalue weighted by Gasteiger charge is -2.22. The van der Waals surface area contributed by atoms with E-state index in [-0.39, 0.29) is 5.82 Å². The van der Waals surface area contributed by atoms with Crippen molar-refractivity contribution in [2.24, 2.45) is 4.99 Å². The van der Waals surface area contributed by atoms with Crippen molar-refractivity contribution in [3.8, 4) is 0 Å². The van der Waals surface area contributed by atoms with Gasteiger partial charge in [-0.3, -0.25) is 4.99 Å². The summed E-state index contributed by atoms with van der Waals surface area (Å²) in [6, 6.07) is 6.72. The van der Waals surface area contributed by atoms with Crippen molar-refractivity contribution in [2.45, 2.75) is 32.2 Å². The van der Waals surface area contributed by atoms with Crippen molar-refractivity contribution in [3.05, 3.63) is 35.6 Å². The van der Waals surface area contributed by atoms with Gasteiger partial charge in [0.05, 0.1) is 0 Å². The molecular weight excluding hydrogens is 291 g/mol. The Balaban J connectivity index is 1.67. The quantitative estimate of drug-likeness (QED) is 0.476. The number of hydrogen-bond acceptors (Lipinski definition) is 2. The normalized spacial score (nSPS) is 15.9. The number of guanidine groups is 1. The van der Waals surface area contributed by atoms with Crippen LogP contribution in [-0.2, 0) is 6.54 Å². The van der Waals surface area contributed by atoms with E-state index in [0.29, 0.717) is 6.54 Å². The van der Waals surface area contributed by atoms with Gasteiger partial charge in [-0.15, -0.1) is 0 Å². The van der Waals surface area contributed by atoms with Crippen LogP contribution in [0.15, 0.2) is 29.3 Å². The third kappa shape index (κ3) is 6.18. The summed E-state index contributed by atoms with van der Waals surface area (Å²) in [7, 11) is 3.76. The third-order valence-electron chi connectivity index (χ3n) is 4.27. The summed E-state index contributed by atoms with van der Waals surface area (Å²) in [5.74, 6) is 0.663. The molecule has 1 heterocycles. The zero-order valence-corrected chi connectivity index (χ0v) is 14.4. The maximum atomic E-state index is 13.2. The number of rotatable bonds is 7. The molecule has 1 fully saturated rings. The van der Waals surface area contributed by atoms with Gasteiger partial charge in [-0.2, -0.15) is 0 Å². The first kappa shape index (κ1) is 17.7. The van der Waals surface area contributed by atoms with E-state index in [4.69, 9.17) is 0 Å². The molecule has 1 aromatic rings. The number of unbranched alkanes of at least 4 members (excludes halogenated alkanes) is 1. The lowest BCUT2D eigenvalue weighted by molar-refractivity contribution is 0.330. The van der Waals surface area contributed by atoms with Crippen LogP contribution in [0.25, 0.3) is 0 Å². The molecule has 128 valence electrons. The molecule has 2 rings (SSSR count). The summed E-state index contributed by atoms with van der Waals surface area (Å²) >= 11 is 0. The van der Waals surface area contributed by atoms with Crippen LogP contribution in [0.2, 0.25) is 0 Å². The maximum absolute atomic E-state index is 13.2. The molecule has 1 aliphatic rings. The van der Waals surface area contributed by atoms with Crippen LogP contribution in [0.4, 0.5) is 4.39 Å². The molecule has 1 N–H and O–H groups in total. The first-order chi connectivity index (χ1) is 11.2. The smallest absolute Gasteiger partial charge is 0.193 e. The largest absolute Gasteiger partial charge is 0.356 e. The van der Waals surface area contributed by atoms with Gasteiger partial charge in [-0.05, 0) is 63.0 Å². The van der Waals surface area contributed by atoms with Crippen LogP contribution < -0.4 is 5.32 Å². The van der Waals surface area contributed by atoms with Gasteiger partial charge in [0.15, 0.2) is 5.96 Å². The summed E-state index contributed by atoms with van der Waals surface area (Å²) < 4.78 is 13.2. The van der Waals surface area contributed by atoms with E-state index in [1.807, 2.05) is 18.0 Å². The second-order valence-corrected chi connectivity index (χ2v) is 6.22. The van der Waals surface area contributed by atoms with Crippen LogP contribution in [-0.4, -0.2) is 56.0 Å². The fourth-order valence-electron chi connectivity index (χ4n) is 3.04. The summed E-state index contributed by atoms with van der Waals surface area (Å²) in [5, 5.41) is 3.39. The monoisotopic (exact) mass is 320 g/mol. The number of nitrogens with one attached hydrogen (secondary N) is 1. The number of benzene rings is 1. The first-order valence-electron chi connectivity index (χ1n) is 8.57. The average Bonchev–Trinajstić information content (AvgIpc) is 3.04. The Labute approximate surface area is 139 Å². The lowest BCUT2D eigenvalue weighted by Crippen LogP contribution is -2.39. The first-order valence-corrected chi connectivity index (χ1v) is 8.57. The molecule has 1 aromatic carbocycles. The summed E-state index contributed by atoms with van der Waals surface area (Å²) in [5.41, 5.74) is 0.949. The molecule has 0 atom stereocenters. The highest BCUT2D eigenvalue weighted by Gasteiger charge is 2.10. The van der Waals surface area contributed by atoms with Crippen molar-refractivity contribution >= 4 is 5.96 Å². The van der Waals surface area contributed by atoms with Crippen molar-refractivity contribution in [3.63, 3.8) is 0 Å². The number of nitrogens with zero attached hydrogens (tertiary/aromatic N) is 3. The third-order valence-corrected chi connectivity index (χ3v) is 4.27. The second kappa shape index (κ2) is 9.50. The highest BCUT2D eigenvalue weighted by atomic mass is 19.1. The molecule has 0 bridgehead atoms. The van der Waals surface area contributed by atoms with E-state index in [1.165, 1.54) is 45.0 Å². The summed E-state index contributed by atoms with van der Waals surface area (Å²) in [6.45, 7) is 5.32. The fraction of sp³-hybridized carbons (Fsp3) is 0.611. The zero-order chi connectivity index (χ0) is 16.5. The number of halogens is 1. The Hall–Kier alpha value is -1.62. The molecule has 0 amide bonds. The molecule has 4 nitrogen and oxygen atoms in total. The van der Waals surface area contributed by atoms with Gasteiger partial charge < -0.3 is 15.1 Å². The van der Waals surface area contributed by atoms with Crippen molar-refractivity contribution in [1.82, 2.24) is 15.1 Å². The standard InChI is InChI=1S/C18H29FN4/c1-20-18(21-10-3-4-11-23-12-5-6-13-23)22(2)15-16-8-7-9-17(19)14-16/h7-9,14H,3-6,10-13,15H2,1-2H3,(H,20,21). The van der Waals surface area contributed by atoms with Crippen LogP contribution >= 0.6 is 0 Å². The Bertz CT molecular complexity index is 498. The van der Waals surface area contributed by atoms with Crippen molar-refractivity contribution in [1.29, 1.82) is 0 Å². The van der Waals surface area contributed by atoms with E-state index in [1.54, 1.807) is 19.2 Å². The average molecular weight is 320 g/mol. The SMILES string of the molecule is CN=C(NCCCCN1CCCC1)N(C)Cc1cccc(F)c1. The highest BCUT2D eigenvalue weighted by Crippen LogP contribution is 2.08. The Kier molecular flexibility index (Phi) is 7.33. The molecule has 5 heteroatoms. The van der Waals surface area contributed by atoms with E-state index in [9.17, 15) is 4.39 Å². The van der Waals surface area contributed by atoms with Crippen LogP contribution in [0.5, 0.6) is 0 Å². The molecule has 0 saturated carbocycles. The van der Waals surface area contributed by atoms with Gasteiger partial charge in [0.25, 0.3) is 0 Å². The molecule has 0 aromatic heterocycles. The van der Waals surface area contributed by atoms with Gasteiger partial charge in [0.1, 0.15) is 5.82 Å².